The van der Waals surface area contributed by atoms with E-state index in [2.05, 4.69) is 25.1 Å². The molecule has 0 radical (unpaired) electrons. The van der Waals surface area contributed by atoms with Gasteiger partial charge in [-0.15, -0.1) is 0 Å². The maximum absolute atomic E-state index is 6.79. The van der Waals surface area contributed by atoms with E-state index >= 15 is 0 Å². The third kappa shape index (κ3) is 1.58. The van der Waals surface area contributed by atoms with Crippen LogP contribution in [0, 0.1) is 6.57 Å². The molecule has 64 valence electrons. The molecule has 2 nitrogen and oxygen atoms in total. The number of nitrogens with zero attached hydrogens (tertiary/aromatic N) is 2. The molecular weight excluding hydrogens is 248 g/mol. The van der Waals surface area contributed by atoms with E-state index in [0.29, 0.717) is 6.54 Å². The predicted molar refractivity (Wildman–Crippen MR) is 57.6 cm³/mol. The Balaban J connectivity index is 2.66. The molecule has 13 heavy (non-hydrogen) atoms. The van der Waals surface area contributed by atoms with Crippen molar-refractivity contribution >= 4 is 37.5 Å². The SMILES string of the molecule is [C-]#[N+]Cc1nsc2ccc(Br)cc12. The van der Waals surface area contributed by atoms with Gasteiger partial charge in [0, 0.05) is 9.86 Å². The maximum Gasteiger partial charge on any atom is 0.258 e. The number of hydrogen-bond donors (Lipinski definition) is 0. The summed E-state index contributed by atoms with van der Waals surface area (Å²) >= 11 is 4.85. The van der Waals surface area contributed by atoms with E-state index < -0.39 is 0 Å². The van der Waals surface area contributed by atoms with Crippen LogP contribution in [0.25, 0.3) is 14.9 Å². The number of benzene rings is 1. The normalized spacial score (nSPS) is 10.2. The Morgan fingerprint density at radius 1 is 1.54 bits per heavy atom. The van der Waals surface area contributed by atoms with Gasteiger partial charge in [0.1, 0.15) is 5.69 Å². The van der Waals surface area contributed by atoms with Gasteiger partial charge in [0.05, 0.1) is 4.70 Å². The van der Waals surface area contributed by atoms with Crippen molar-refractivity contribution in [3.63, 3.8) is 0 Å². The van der Waals surface area contributed by atoms with E-state index in [4.69, 9.17) is 6.57 Å². The highest BCUT2D eigenvalue weighted by atomic mass is 79.9. The van der Waals surface area contributed by atoms with E-state index in [-0.39, 0.29) is 0 Å². The minimum Gasteiger partial charge on any atom is -0.310 e. The highest BCUT2D eigenvalue weighted by Crippen LogP contribution is 2.26. The molecule has 0 spiro atoms. The smallest absolute Gasteiger partial charge is 0.258 e. The fraction of sp³-hybridized carbons (Fsp3) is 0.111. The lowest BCUT2D eigenvalue weighted by atomic mass is 10.2. The minimum atomic E-state index is 0.371. The Morgan fingerprint density at radius 3 is 3.15 bits per heavy atom. The Morgan fingerprint density at radius 2 is 2.38 bits per heavy atom. The summed E-state index contributed by atoms with van der Waals surface area (Å²) in [5.74, 6) is 0. The van der Waals surface area contributed by atoms with E-state index in [1.807, 2.05) is 18.2 Å². The van der Waals surface area contributed by atoms with E-state index in [0.717, 1.165) is 20.3 Å². The molecule has 0 saturated carbocycles. The van der Waals surface area contributed by atoms with Gasteiger partial charge in [0.2, 0.25) is 0 Å². The third-order valence-corrected chi connectivity index (χ3v) is 3.09. The lowest BCUT2D eigenvalue weighted by Crippen LogP contribution is -1.78. The highest BCUT2D eigenvalue weighted by molar-refractivity contribution is 9.10. The van der Waals surface area contributed by atoms with Crippen molar-refractivity contribution in [3.05, 3.63) is 39.8 Å². The van der Waals surface area contributed by atoms with Gasteiger partial charge in [0.25, 0.3) is 6.54 Å². The monoisotopic (exact) mass is 252 g/mol. The fourth-order valence-electron chi connectivity index (χ4n) is 1.15. The first-order valence-corrected chi connectivity index (χ1v) is 5.25. The quantitative estimate of drug-likeness (QED) is 0.711. The molecule has 2 aromatic rings. The number of rotatable bonds is 1. The highest BCUT2D eigenvalue weighted by Gasteiger charge is 2.07. The van der Waals surface area contributed by atoms with Crippen LogP contribution in [0.5, 0.6) is 0 Å². The zero-order valence-corrected chi connectivity index (χ0v) is 9.02. The molecule has 0 fully saturated rings. The summed E-state index contributed by atoms with van der Waals surface area (Å²) in [6.45, 7) is 7.16. The first kappa shape index (κ1) is 8.67. The summed E-state index contributed by atoms with van der Waals surface area (Å²) < 4.78 is 6.41. The standard InChI is InChI=1S/C9H5BrN2S/c1-11-5-8-7-4-6(10)2-3-9(7)13-12-8/h2-4H,5H2. The van der Waals surface area contributed by atoms with Gasteiger partial charge in [-0.05, 0) is 29.7 Å². The Labute approximate surface area is 88.3 Å². The van der Waals surface area contributed by atoms with Gasteiger partial charge in [-0.2, -0.15) is 4.37 Å². The summed E-state index contributed by atoms with van der Waals surface area (Å²) in [6.07, 6.45) is 0. The third-order valence-electron chi connectivity index (χ3n) is 1.74. The Bertz CT molecular complexity index is 484. The van der Waals surface area contributed by atoms with Gasteiger partial charge in [-0.3, -0.25) is 0 Å². The van der Waals surface area contributed by atoms with Crippen molar-refractivity contribution in [2.24, 2.45) is 0 Å². The Kier molecular flexibility index (Phi) is 2.30. The van der Waals surface area contributed by atoms with E-state index in [1.54, 1.807) is 0 Å². The molecule has 4 heteroatoms. The average Bonchev–Trinajstić information content (AvgIpc) is 2.49. The molecule has 0 bridgehead atoms. The first-order valence-electron chi connectivity index (χ1n) is 3.68. The van der Waals surface area contributed by atoms with Crippen molar-refractivity contribution in [1.29, 1.82) is 0 Å². The second-order valence-corrected chi connectivity index (χ2v) is 4.31. The molecule has 1 aromatic carbocycles. The van der Waals surface area contributed by atoms with Gasteiger partial charge in [-0.1, -0.05) is 15.9 Å². The summed E-state index contributed by atoms with van der Waals surface area (Å²) in [7, 11) is 0. The number of hydrogen-bond acceptors (Lipinski definition) is 2. The van der Waals surface area contributed by atoms with Crippen molar-refractivity contribution in [2.45, 2.75) is 6.54 Å². The zero-order valence-electron chi connectivity index (χ0n) is 6.62. The van der Waals surface area contributed by atoms with Crippen LogP contribution in [0.2, 0.25) is 0 Å². The second-order valence-electron chi connectivity index (χ2n) is 2.59. The van der Waals surface area contributed by atoms with Gasteiger partial charge in [-0.25, -0.2) is 6.57 Å². The summed E-state index contributed by atoms with van der Waals surface area (Å²) in [5.41, 5.74) is 0.885. The first-order chi connectivity index (χ1) is 6.31. The van der Waals surface area contributed by atoms with Gasteiger partial charge < -0.3 is 4.85 Å². The lowest BCUT2D eigenvalue weighted by Gasteiger charge is -1.90. The molecule has 0 aliphatic heterocycles. The molecule has 0 atom stereocenters. The van der Waals surface area contributed by atoms with Crippen molar-refractivity contribution < 1.29 is 0 Å². The molecule has 0 aliphatic rings. The summed E-state index contributed by atoms with van der Waals surface area (Å²) in [5, 5.41) is 1.09. The predicted octanol–water partition coefficient (Wildman–Crippen LogP) is 3.48. The molecule has 0 unspecified atom stereocenters. The van der Waals surface area contributed by atoms with Crippen molar-refractivity contribution in [2.75, 3.05) is 0 Å². The van der Waals surface area contributed by atoms with Crippen molar-refractivity contribution in [3.8, 4) is 0 Å². The van der Waals surface area contributed by atoms with E-state index in [1.165, 1.54) is 11.5 Å². The van der Waals surface area contributed by atoms with Crippen LogP contribution in [0.1, 0.15) is 5.69 Å². The average molecular weight is 253 g/mol. The van der Waals surface area contributed by atoms with Crippen LogP contribution in [-0.4, -0.2) is 4.37 Å². The molecular formula is C9H5BrN2S. The zero-order chi connectivity index (χ0) is 9.26. The van der Waals surface area contributed by atoms with Crippen LogP contribution in [0.15, 0.2) is 22.7 Å². The summed E-state index contributed by atoms with van der Waals surface area (Å²) in [6, 6.07) is 6.02. The molecule has 1 aromatic heterocycles. The molecule has 0 N–H and O–H groups in total. The molecule has 1 heterocycles. The fourth-order valence-corrected chi connectivity index (χ4v) is 2.28. The minimum absolute atomic E-state index is 0.371. The number of aromatic nitrogens is 1. The van der Waals surface area contributed by atoms with E-state index in [9.17, 15) is 0 Å². The largest absolute Gasteiger partial charge is 0.310 e. The maximum atomic E-state index is 6.79. The topological polar surface area (TPSA) is 17.2 Å². The second kappa shape index (κ2) is 3.44. The number of fused-ring (bicyclic) bond motifs is 1. The molecule has 2 rings (SSSR count). The number of halogens is 1. The molecule has 0 aliphatic carbocycles. The summed E-state index contributed by atoms with van der Waals surface area (Å²) in [4.78, 5) is 3.34. The van der Waals surface area contributed by atoms with Crippen molar-refractivity contribution in [1.82, 2.24) is 4.37 Å². The molecule has 0 amide bonds. The molecule has 0 saturated heterocycles. The van der Waals surface area contributed by atoms with Crippen LogP contribution >= 0.6 is 27.5 Å². The van der Waals surface area contributed by atoms with Gasteiger partial charge >= 0.3 is 0 Å². The van der Waals surface area contributed by atoms with Crippen LogP contribution < -0.4 is 0 Å². The van der Waals surface area contributed by atoms with Crippen LogP contribution in [0.3, 0.4) is 0 Å². The Hall–Kier alpha value is -0.920. The lowest BCUT2D eigenvalue weighted by molar-refractivity contribution is 1.21. The van der Waals surface area contributed by atoms with Crippen LogP contribution in [0.4, 0.5) is 0 Å². The van der Waals surface area contributed by atoms with Crippen LogP contribution in [-0.2, 0) is 6.54 Å². The van der Waals surface area contributed by atoms with Gasteiger partial charge in [0.15, 0.2) is 0 Å².